The average Bonchev–Trinajstić information content (AvgIpc) is 3.41. The fraction of sp³-hybridized carbons (Fsp3) is 0. The topological polar surface area (TPSA) is 0 Å². The zero-order valence-electron chi connectivity index (χ0n) is 14.9. The van der Waals surface area contributed by atoms with Gasteiger partial charge in [-0.2, -0.15) is 0 Å². The lowest BCUT2D eigenvalue weighted by atomic mass is 9.91. The SMILES string of the molecule is c1cc2c(ccc3ccc4ccc5ccc6ccc7sccc7c6c5c4c32)s1. The van der Waals surface area contributed by atoms with Crippen molar-refractivity contribution in [2.75, 3.05) is 0 Å². The van der Waals surface area contributed by atoms with Crippen LogP contribution in [0.5, 0.6) is 0 Å². The second-order valence-corrected chi connectivity index (χ2v) is 9.28. The third-order valence-corrected chi connectivity index (χ3v) is 7.75. The second-order valence-electron chi connectivity index (χ2n) is 7.39. The summed E-state index contributed by atoms with van der Waals surface area (Å²) in [5.41, 5.74) is 0. The highest BCUT2D eigenvalue weighted by atomic mass is 32.1. The van der Waals surface area contributed by atoms with Gasteiger partial charge in [0.25, 0.3) is 0 Å². The van der Waals surface area contributed by atoms with Crippen LogP contribution in [0.15, 0.2) is 83.6 Å². The molecule has 0 fully saturated rings. The summed E-state index contributed by atoms with van der Waals surface area (Å²) in [7, 11) is 0. The van der Waals surface area contributed by atoms with Crippen molar-refractivity contribution in [1.82, 2.24) is 0 Å². The third kappa shape index (κ3) is 1.84. The molecule has 0 radical (unpaired) electrons. The molecule has 0 saturated heterocycles. The molecule has 0 N–H and O–H groups in total. The Labute approximate surface area is 169 Å². The summed E-state index contributed by atoms with van der Waals surface area (Å²) in [6.45, 7) is 0. The van der Waals surface area contributed by atoms with Crippen molar-refractivity contribution in [2.45, 2.75) is 0 Å². The highest BCUT2D eigenvalue weighted by Crippen LogP contribution is 2.42. The first-order valence-corrected chi connectivity index (χ1v) is 11.2. The zero-order chi connectivity index (χ0) is 18.2. The maximum absolute atomic E-state index is 2.28. The normalized spacial score (nSPS) is 12.3. The van der Waals surface area contributed by atoms with Gasteiger partial charge in [0.05, 0.1) is 0 Å². The van der Waals surface area contributed by atoms with Crippen molar-refractivity contribution in [3.63, 3.8) is 0 Å². The van der Waals surface area contributed by atoms with E-state index < -0.39 is 0 Å². The van der Waals surface area contributed by atoms with Crippen molar-refractivity contribution in [3.05, 3.63) is 83.6 Å². The molecule has 7 rings (SSSR count). The van der Waals surface area contributed by atoms with Gasteiger partial charge in [0, 0.05) is 20.2 Å². The van der Waals surface area contributed by atoms with Gasteiger partial charge in [-0.1, -0.05) is 48.5 Å². The van der Waals surface area contributed by atoms with Gasteiger partial charge in [-0.05, 0) is 78.1 Å². The molecule has 0 nitrogen and oxygen atoms in total. The van der Waals surface area contributed by atoms with Crippen molar-refractivity contribution in [1.29, 1.82) is 0 Å². The lowest BCUT2D eigenvalue weighted by molar-refractivity contribution is 1.84. The van der Waals surface area contributed by atoms with Crippen molar-refractivity contribution < 1.29 is 0 Å². The van der Waals surface area contributed by atoms with Gasteiger partial charge in [-0.3, -0.25) is 0 Å². The molecule has 0 spiro atoms. The maximum atomic E-state index is 2.28. The van der Waals surface area contributed by atoms with Gasteiger partial charge in [0.15, 0.2) is 0 Å². The van der Waals surface area contributed by atoms with Crippen molar-refractivity contribution in [2.24, 2.45) is 0 Å². The van der Waals surface area contributed by atoms with E-state index in [1.54, 1.807) is 0 Å². The summed E-state index contributed by atoms with van der Waals surface area (Å²) in [5, 5.41) is 18.0. The monoisotopic (exact) mass is 390 g/mol. The first-order valence-electron chi connectivity index (χ1n) is 9.43. The van der Waals surface area contributed by atoms with E-state index in [-0.39, 0.29) is 0 Å². The van der Waals surface area contributed by atoms with E-state index in [1.165, 1.54) is 63.3 Å². The molecular formula is C26H14S2. The molecule has 2 aromatic heterocycles. The van der Waals surface area contributed by atoms with Crippen LogP contribution in [0.25, 0.3) is 63.3 Å². The quantitative estimate of drug-likeness (QED) is 0.227. The molecule has 0 aliphatic heterocycles. The molecule has 7 aromatic rings. The fourth-order valence-corrected chi connectivity index (χ4v) is 6.36. The maximum Gasteiger partial charge on any atom is 0.0349 e. The number of benzene rings is 5. The summed E-state index contributed by atoms with van der Waals surface area (Å²) in [5.74, 6) is 0. The Morgan fingerprint density at radius 3 is 1.14 bits per heavy atom. The molecule has 0 unspecified atom stereocenters. The van der Waals surface area contributed by atoms with E-state index in [0.717, 1.165) is 0 Å². The van der Waals surface area contributed by atoms with E-state index in [9.17, 15) is 0 Å². The molecule has 130 valence electrons. The van der Waals surface area contributed by atoms with Gasteiger partial charge in [0.2, 0.25) is 0 Å². The summed E-state index contributed by atoms with van der Waals surface area (Å²) < 4.78 is 2.72. The Bertz CT molecular complexity index is 1570. The summed E-state index contributed by atoms with van der Waals surface area (Å²) in [6.07, 6.45) is 0. The minimum Gasteiger partial charge on any atom is -0.144 e. The molecule has 28 heavy (non-hydrogen) atoms. The highest BCUT2D eigenvalue weighted by molar-refractivity contribution is 7.17. The molecule has 0 atom stereocenters. The van der Waals surface area contributed by atoms with Gasteiger partial charge < -0.3 is 0 Å². The standard InChI is InChI=1S/C26H14S2/c1-3-17-5-6-18-4-2-16-8-10-22-20(12-14-28-22)24(16)26(18)25(17)23-15(1)7-9-21-19(23)11-13-27-21/h1-14H. The van der Waals surface area contributed by atoms with E-state index in [0.29, 0.717) is 0 Å². The fourth-order valence-electron chi connectivity index (χ4n) is 4.77. The number of fused-ring (bicyclic) bond motifs is 11. The molecule has 0 bridgehead atoms. The predicted molar refractivity (Wildman–Crippen MR) is 127 cm³/mol. The Morgan fingerprint density at radius 2 is 0.714 bits per heavy atom. The van der Waals surface area contributed by atoms with Crippen molar-refractivity contribution >= 4 is 85.9 Å². The van der Waals surface area contributed by atoms with Crippen LogP contribution in [0, 0.1) is 0 Å². The first-order chi connectivity index (χ1) is 13.9. The van der Waals surface area contributed by atoms with Crippen LogP contribution >= 0.6 is 22.7 Å². The molecule has 0 aliphatic rings. The number of hydrogen-bond donors (Lipinski definition) is 0. The zero-order valence-corrected chi connectivity index (χ0v) is 16.5. The molecule has 0 amide bonds. The highest BCUT2D eigenvalue weighted by Gasteiger charge is 2.13. The van der Waals surface area contributed by atoms with Crippen LogP contribution in [-0.4, -0.2) is 0 Å². The van der Waals surface area contributed by atoms with Crippen LogP contribution < -0.4 is 0 Å². The second kappa shape index (κ2) is 5.32. The lowest BCUT2D eigenvalue weighted by Crippen LogP contribution is -1.84. The van der Waals surface area contributed by atoms with E-state index in [1.807, 2.05) is 22.7 Å². The smallest absolute Gasteiger partial charge is 0.0349 e. The molecule has 0 aliphatic carbocycles. The minimum absolute atomic E-state index is 1.32. The first kappa shape index (κ1) is 15.0. The van der Waals surface area contributed by atoms with Gasteiger partial charge in [0.1, 0.15) is 0 Å². The minimum atomic E-state index is 1.32. The Balaban J connectivity index is 1.92. The number of rotatable bonds is 0. The Kier molecular flexibility index (Phi) is 2.85. The van der Waals surface area contributed by atoms with Crippen molar-refractivity contribution in [3.8, 4) is 0 Å². The summed E-state index contributed by atoms with van der Waals surface area (Å²) in [6, 6.07) is 27.3. The number of thiophene rings is 2. The molecule has 2 heteroatoms. The Morgan fingerprint density at radius 1 is 0.357 bits per heavy atom. The molecular weight excluding hydrogens is 376 g/mol. The van der Waals surface area contributed by atoms with Crippen LogP contribution in [0.1, 0.15) is 0 Å². The lowest BCUT2D eigenvalue weighted by Gasteiger charge is -2.12. The molecule has 5 aromatic carbocycles. The van der Waals surface area contributed by atoms with Crippen LogP contribution in [0.2, 0.25) is 0 Å². The average molecular weight is 391 g/mol. The van der Waals surface area contributed by atoms with E-state index >= 15 is 0 Å². The van der Waals surface area contributed by atoms with Gasteiger partial charge >= 0.3 is 0 Å². The van der Waals surface area contributed by atoms with Crippen LogP contribution in [0.4, 0.5) is 0 Å². The molecule has 0 saturated carbocycles. The van der Waals surface area contributed by atoms with Gasteiger partial charge in [-0.25, -0.2) is 0 Å². The predicted octanol–water partition coefficient (Wildman–Crippen LogP) is 8.73. The van der Waals surface area contributed by atoms with Crippen LogP contribution in [-0.2, 0) is 0 Å². The summed E-state index contributed by atoms with van der Waals surface area (Å²) >= 11 is 3.65. The van der Waals surface area contributed by atoms with E-state index in [4.69, 9.17) is 0 Å². The molecule has 2 heterocycles. The third-order valence-electron chi connectivity index (χ3n) is 5.99. The van der Waals surface area contributed by atoms with Gasteiger partial charge in [-0.15, -0.1) is 22.7 Å². The summed E-state index contributed by atoms with van der Waals surface area (Å²) in [4.78, 5) is 0. The number of hydrogen-bond acceptors (Lipinski definition) is 2. The Hall–Kier alpha value is -2.94. The van der Waals surface area contributed by atoms with E-state index in [2.05, 4.69) is 83.6 Å². The van der Waals surface area contributed by atoms with Crippen LogP contribution in [0.3, 0.4) is 0 Å². The largest absolute Gasteiger partial charge is 0.144 e.